The van der Waals surface area contributed by atoms with E-state index in [0.717, 1.165) is 12.8 Å². The molecule has 1 fully saturated rings. The van der Waals surface area contributed by atoms with Crippen LogP contribution in [-0.2, 0) is 14.3 Å². The number of nitrogens with one attached hydrogen (secondary N) is 1. The molecule has 0 saturated heterocycles. The molecule has 0 aliphatic heterocycles. The molecule has 0 spiro atoms. The first-order chi connectivity index (χ1) is 9.48. The summed E-state index contributed by atoms with van der Waals surface area (Å²) in [5, 5.41) is 2.76. The lowest BCUT2D eigenvalue weighted by Gasteiger charge is -2.35. The molecule has 0 unspecified atom stereocenters. The standard InChI is InChI=1S/C17H31NO3/c1-12(19)18-14(15(20)21-16(2,3)4)11-13-7-9-17(5,6)10-8-13/h13-14H,7-11H2,1-6H3,(H,18,19)/t14-/m0/s1. The van der Waals surface area contributed by atoms with Gasteiger partial charge >= 0.3 is 5.97 Å². The van der Waals surface area contributed by atoms with Gasteiger partial charge in [-0.25, -0.2) is 4.79 Å². The summed E-state index contributed by atoms with van der Waals surface area (Å²) in [4.78, 5) is 23.6. The quantitative estimate of drug-likeness (QED) is 0.809. The Hall–Kier alpha value is -1.06. The van der Waals surface area contributed by atoms with Crippen LogP contribution >= 0.6 is 0 Å². The molecule has 0 radical (unpaired) electrons. The van der Waals surface area contributed by atoms with Crippen molar-refractivity contribution in [1.29, 1.82) is 0 Å². The first-order valence-corrected chi connectivity index (χ1v) is 7.98. The van der Waals surface area contributed by atoms with Gasteiger partial charge in [0.15, 0.2) is 0 Å². The first-order valence-electron chi connectivity index (χ1n) is 7.98. The van der Waals surface area contributed by atoms with Crippen LogP contribution < -0.4 is 5.32 Å². The lowest BCUT2D eigenvalue weighted by molar-refractivity contribution is -0.159. The first kappa shape index (κ1) is 18.0. The van der Waals surface area contributed by atoms with Crippen molar-refractivity contribution in [2.45, 2.75) is 85.3 Å². The zero-order valence-electron chi connectivity index (χ0n) is 14.4. The normalized spacial score (nSPS) is 20.7. The number of rotatable bonds is 4. The third-order valence-electron chi connectivity index (χ3n) is 4.10. The lowest BCUT2D eigenvalue weighted by Crippen LogP contribution is -2.44. The van der Waals surface area contributed by atoms with Crippen molar-refractivity contribution < 1.29 is 14.3 Å². The number of amides is 1. The Morgan fingerprint density at radius 2 is 1.76 bits per heavy atom. The minimum Gasteiger partial charge on any atom is -0.458 e. The topological polar surface area (TPSA) is 55.4 Å². The molecule has 0 aromatic heterocycles. The second-order valence-corrected chi connectivity index (χ2v) is 8.13. The molecule has 1 saturated carbocycles. The van der Waals surface area contributed by atoms with E-state index >= 15 is 0 Å². The number of ether oxygens (including phenoxy) is 1. The molecule has 1 aliphatic carbocycles. The maximum absolute atomic E-state index is 12.3. The molecule has 1 rings (SSSR count). The van der Waals surface area contributed by atoms with Gasteiger partial charge in [-0.05, 0) is 64.2 Å². The molecule has 0 bridgehead atoms. The molecule has 1 N–H and O–H groups in total. The summed E-state index contributed by atoms with van der Waals surface area (Å²) in [5.41, 5.74) is -0.117. The third-order valence-corrected chi connectivity index (χ3v) is 4.10. The lowest BCUT2D eigenvalue weighted by atomic mass is 9.71. The number of hydrogen-bond acceptors (Lipinski definition) is 3. The van der Waals surface area contributed by atoms with Crippen molar-refractivity contribution in [3.8, 4) is 0 Å². The van der Waals surface area contributed by atoms with E-state index in [0.29, 0.717) is 17.8 Å². The zero-order valence-corrected chi connectivity index (χ0v) is 14.4. The summed E-state index contributed by atoms with van der Waals surface area (Å²) in [6.45, 7) is 11.6. The maximum atomic E-state index is 12.3. The van der Waals surface area contributed by atoms with E-state index in [1.54, 1.807) is 0 Å². The summed E-state index contributed by atoms with van der Waals surface area (Å²) < 4.78 is 5.43. The van der Waals surface area contributed by atoms with E-state index in [1.165, 1.54) is 19.8 Å². The molecule has 1 aliphatic rings. The fourth-order valence-corrected chi connectivity index (χ4v) is 2.86. The molecule has 122 valence electrons. The van der Waals surface area contributed by atoms with Gasteiger partial charge in [-0.3, -0.25) is 4.79 Å². The van der Waals surface area contributed by atoms with E-state index < -0.39 is 11.6 Å². The predicted octanol–water partition coefficient (Wildman–Crippen LogP) is 3.44. The molecule has 0 heterocycles. The van der Waals surface area contributed by atoms with Crippen molar-refractivity contribution in [1.82, 2.24) is 5.32 Å². The van der Waals surface area contributed by atoms with Crippen molar-refractivity contribution in [2.24, 2.45) is 11.3 Å². The van der Waals surface area contributed by atoms with Gasteiger partial charge < -0.3 is 10.1 Å². The molecular weight excluding hydrogens is 266 g/mol. The van der Waals surface area contributed by atoms with E-state index in [-0.39, 0.29) is 11.9 Å². The molecule has 0 aromatic rings. The molecule has 4 nitrogen and oxygen atoms in total. The monoisotopic (exact) mass is 297 g/mol. The van der Waals surface area contributed by atoms with Gasteiger partial charge in [0.2, 0.25) is 5.91 Å². The van der Waals surface area contributed by atoms with E-state index in [1.807, 2.05) is 20.8 Å². The minimum absolute atomic E-state index is 0.179. The minimum atomic E-state index is -0.525. The van der Waals surface area contributed by atoms with Crippen LogP contribution in [0.25, 0.3) is 0 Å². The van der Waals surface area contributed by atoms with Crippen LogP contribution in [0.1, 0.15) is 73.6 Å². The number of hydrogen-bond donors (Lipinski definition) is 1. The Labute approximate surface area is 129 Å². The van der Waals surface area contributed by atoms with E-state index in [4.69, 9.17) is 4.74 Å². The van der Waals surface area contributed by atoms with Gasteiger partial charge in [-0.15, -0.1) is 0 Å². The van der Waals surface area contributed by atoms with E-state index in [2.05, 4.69) is 19.2 Å². The third kappa shape index (κ3) is 6.96. The molecular formula is C17H31NO3. The summed E-state index contributed by atoms with van der Waals surface area (Å²) >= 11 is 0. The Morgan fingerprint density at radius 3 is 2.19 bits per heavy atom. The largest absolute Gasteiger partial charge is 0.458 e. The second kappa shape index (κ2) is 6.80. The molecule has 21 heavy (non-hydrogen) atoms. The van der Waals surface area contributed by atoms with Crippen LogP contribution in [0.4, 0.5) is 0 Å². The Morgan fingerprint density at radius 1 is 1.24 bits per heavy atom. The smallest absolute Gasteiger partial charge is 0.329 e. The van der Waals surface area contributed by atoms with Crippen molar-refractivity contribution >= 4 is 11.9 Å². The average molecular weight is 297 g/mol. The summed E-state index contributed by atoms with van der Waals surface area (Å²) in [6, 6.07) is -0.520. The van der Waals surface area contributed by atoms with Crippen molar-refractivity contribution in [3.05, 3.63) is 0 Å². The Bertz CT molecular complexity index is 372. The van der Waals surface area contributed by atoms with Gasteiger partial charge in [0.25, 0.3) is 0 Å². The van der Waals surface area contributed by atoms with Gasteiger partial charge in [0.05, 0.1) is 0 Å². The molecule has 0 aromatic carbocycles. The fraction of sp³-hybridized carbons (Fsp3) is 0.882. The average Bonchev–Trinajstić information content (AvgIpc) is 2.28. The fourth-order valence-electron chi connectivity index (χ4n) is 2.86. The van der Waals surface area contributed by atoms with Crippen molar-refractivity contribution in [2.75, 3.05) is 0 Å². The van der Waals surface area contributed by atoms with Gasteiger partial charge in [0, 0.05) is 6.92 Å². The van der Waals surface area contributed by atoms with Crippen molar-refractivity contribution in [3.63, 3.8) is 0 Å². The van der Waals surface area contributed by atoms with Crippen LogP contribution in [0.5, 0.6) is 0 Å². The highest BCUT2D eigenvalue weighted by molar-refractivity contribution is 5.83. The summed E-state index contributed by atoms with van der Waals surface area (Å²) in [7, 11) is 0. The van der Waals surface area contributed by atoms with Crippen LogP contribution in [-0.4, -0.2) is 23.5 Å². The van der Waals surface area contributed by atoms with Crippen LogP contribution in [0, 0.1) is 11.3 Å². The molecule has 1 amide bonds. The SMILES string of the molecule is CC(=O)N[C@@H](CC1CCC(C)(C)CC1)C(=O)OC(C)(C)C. The Balaban J connectivity index is 2.62. The zero-order chi connectivity index (χ0) is 16.3. The Kier molecular flexibility index (Phi) is 5.83. The highest BCUT2D eigenvalue weighted by atomic mass is 16.6. The summed E-state index contributed by atoms with van der Waals surface area (Å²) in [5.74, 6) is -0.00748. The van der Waals surface area contributed by atoms with Gasteiger partial charge in [-0.1, -0.05) is 13.8 Å². The van der Waals surface area contributed by atoms with Gasteiger partial charge in [0.1, 0.15) is 11.6 Å². The number of carbonyl (C=O) groups is 2. The number of esters is 1. The highest BCUT2D eigenvalue weighted by Gasteiger charge is 2.32. The highest BCUT2D eigenvalue weighted by Crippen LogP contribution is 2.39. The van der Waals surface area contributed by atoms with Gasteiger partial charge in [-0.2, -0.15) is 0 Å². The van der Waals surface area contributed by atoms with Crippen LogP contribution in [0.2, 0.25) is 0 Å². The maximum Gasteiger partial charge on any atom is 0.329 e. The molecule has 4 heteroatoms. The summed E-state index contributed by atoms with van der Waals surface area (Å²) in [6.07, 6.45) is 5.28. The predicted molar refractivity (Wildman–Crippen MR) is 83.8 cm³/mol. The molecule has 1 atom stereocenters. The van der Waals surface area contributed by atoms with Crippen LogP contribution in [0.3, 0.4) is 0 Å². The second-order valence-electron chi connectivity index (χ2n) is 8.13. The van der Waals surface area contributed by atoms with E-state index in [9.17, 15) is 9.59 Å². The van der Waals surface area contributed by atoms with Crippen LogP contribution in [0.15, 0.2) is 0 Å². The number of carbonyl (C=O) groups excluding carboxylic acids is 2.